The molecule has 2 aromatic heterocycles. The number of nitrogens with one attached hydrogen (secondary N) is 2. The second-order valence-electron chi connectivity index (χ2n) is 5.83. The third-order valence-corrected chi connectivity index (χ3v) is 5.64. The lowest BCUT2D eigenvalue weighted by Gasteiger charge is -2.07. The SMILES string of the molecule is Cn1c(Cc2cccs2)nnc1SCC(=O)NCC(=O)Nc1ccc(F)cc1. The zero-order valence-electron chi connectivity index (χ0n) is 15.0. The van der Waals surface area contributed by atoms with Crippen LogP contribution >= 0.6 is 23.1 Å². The molecule has 0 spiro atoms. The molecule has 0 aliphatic carbocycles. The second kappa shape index (κ2) is 9.47. The maximum atomic E-state index is 12.8. The lowest BCUT2D eigenvalue weighted by atomic mass is 10.3. The van der Waals surface area contributed by atoms with E-state index in [0.717, 1.165) is 5.82 Å². The Morgan fingerprint density at radius 2 is 1.96 bits per heavy atom. The normalized spacial score (nSPS) is 10.6. The molecule has 0 bridgehead atoms. The van der Waals surface area contributed by atoms with E-state index in [1.54, 1.807) is 11.3 Å². The van der Waals surface area contributed by atoms with Crippen LogP contribution < -0.4 is 10.6 Å². The zero-order valence-corrected chi connectivity index (χ0v) is 16.6. The van der Waals surface area contributed by atoms with Crippen molar-refractivity contribution in [3.8, 4) is 0 Å². The molecule has 7 nitrogen and oxygen atoms in total. The predicted molar refractivity (Wildman–Crippen MR) is 107 cm³/mol. The van der Waals surface area contributed by atoms with Crippen LogP contribution in [0, 0.1) is 5.82 Å². The molecule has 10 heteroatoms. The summed E-state index contributed by atoms with van der Waals surface area (Å²) in [5.41, 5.74) is 0.465. The summed E-state index contributed by atoms with van der Waals surface area (Å²) in [5, 5.41) is 16.1. The summed E-state index contributed by atoms with van der Waals surface area (Å²) in [6, 6.07) is 9.43. The van der Waals surface area contributed by atoms with Crippen molar-refractivity contribution in [2.45, 2.75) is 11.6 Å². The molecule has 0 saturated carbocycles. The Labute approximate surface area is 169 Å². The van der Waals surface area contributed by atoms with Gasteiger partial charge in [-0.1, -0.05) is 17.8 Å². The van der Waals surface area contributed by atoms with Crippen molar-refractivity contribution < 1.29 is 14.0 Å². The van der Waals surface area contributed by atoms with Crippen LogP contribution in [0.15, 0.2) is 46.9 Å². The van der Waals surface area contributed by atoms with Gasteiger partial charge in [-0.15, -0.1) is 21.5 Å². The summed E-state index contributed by atoms with van der Waals surface area (Å²) in [6.45, 7) is -0.167. The van der Waals surface area contributed by atoms with Gasteiger partial charge < -0.3 is 15.2 Å². The first-order chi connectivity index (χ1) is 13.5. The molecule has 3 aromatic rings. The number of amides is 2. The highest BCUT2D eigenvalue weighted by Gasteiger charge is 2.13. The van der Waals surface area contributed by atoms with Crippen LogP contribution in [0.5, 0.6) is 0 Å². The van der Waals surface area contributed by atoms with Gasteiger partial charge in [0, 0.05) is 24.0 Å². The van der Waals surface area contributed by atoms with Crippen molar-refractivity contribution in [1.29, 1.82) is 0 Å². The first kappa shape index (κ1) is 20.0. The maximum Gasteiger partial charge on any atom is 0.243 e. The molecule has 0 radical (unpaired) electrons. The number of anilines is 1. The Balaban J connectivity index is 1.42. The van der Waals surface area contributed by atoms with Crippen LogP contribution in [-0.4, -0.2) is 38.9 Å². The molecular weight excluding hydrogens is 401 g/mol. The van der Waals surface area contributed by atoms with Gasteiger partial charge in [-0.05, 0) is 35.7 Å². The minimum Gasteiger partial charge on any atom is -0.346 e. The van der Waals surface area contributed by atoms with Crippen molar-refractivity contribution in [2.75, 3.05) is 17.6 Å². The van der Waals surface area contributed by atoms with Crippen molar-refractivity contribution in [2.24, 2.45) is 7.05 Å². The molecule has 0 fully saturated rings. The average molecular weight is 420 g/mol. The number of benzene rings is 1. The topological polar surface area (TPSA) is 88.9 Å². The van der Waals surface area contributed by atoms with Gasteiger partial charge in [0.15, 0.2) is 5.16 Å². The van der Waals surface area contributed by atoms with Crippen molar-refractivity contribution >= 4 is 40.6 Å². The Morgan fingerprint density at radius 3 is 2.68 bits per heavy atom. The highest BCUT2D eigenvalue weighted by molar-refractivity contribution is 7.99. The van der Waals surface area contributed by atoms with Gasteiger partial charge in [0.05, 0.1) is 12.3 Å². The average Bonchev–Trinajstić information content (AvgIpc) is 3.31. The summed E-state index contributed by atoms with van der Waals surface area (Å²) < 4.78 is 14.7. The zero-order chi connectivity index (χ0) is 19.9. The lowest BCUT2D eigenvalue weighted by Crippen LogP contribution is -2.33. The third kappa shape index (κ3) is 5.64. The summed E-state index contributed by atoms with van der Waals surface area (Å²) >= 11 is 2.91. The summed E-state index contributed by atoms with van der Waals surface area (Å²) in [7, 11) is 1.86. The van der Waals surface area contributed by atoms with E-state index < -0.39 is 0 Å². The largest absolute Gasteiger partial charge is 0.346 e. The number of aromatic nitrogens is 3. The number of thiophene rings is 1. The monoisotopic (exact) mass is 419 g/mol. The number of halogens is 1. The first-order valence-corrected chi connectivity index (χ1v) is 10.2. The van der Waals surface area contributed by atoms with Crippen LogP contribution in [-0.2, 0) is 23.1 Å². The summed E-state index contributed by atoms with van der Waals surface area (Å²) in [4.78, 5) is 25.0. The molecule has 0 unspecified atom stereocenters. The number of carbonyl (C=O) groups is 2. The predicted octanol–water partition coefficient (Wildman–Crippen LogP) is 2.45. The number of hydrogen-bond acceptors (Lipinski definition) is 6. The standard InChI is InChI=1S/C18H18FN5O2S2/c1-24-15(9-14-3-2-8-27-14)22-23-18(24)28-11-17(26)20-10-16(25)21-13-6-4-12(19)5-7-13/h2-8H,9-11H2,1H3,(H,20,26)(H,21,25). The second-order valence-corrected chi connectivity index (χ2v) is 7.81. The van der Waals surface area contributed by atoms with Gasteiger partial charge in [0.1, 0.15) is 11.6 Å². The summed E-state index contributed by atoms with van der Waals surface area (Å²) in [5.74, 6) is -0.118. The Bertz CT molecular complexity index is 942. The van der Waals surface area contributed by atoms with Crippen molar-refractivity contribution in [3.63, 3.8) is 0 Å². The van der Waals surface area contributed by atoms with Gasteiger partial charge in [0.25, 0.3) is 0 Å². The van der Waals surface area contributed by atoms with Crippen molar-refractivity contribution in [1.82, 2.24) is 20.1 Å². The third-order valence-electron chi connectivity index (χ3n) is 3.74. The molecule has 2 N–H and O–H groups in total. The van der Waals surface area contributed by atoms with Gasteiger partial charge >= 0.3 is 0 Å². The van der Waals surface area contributed by atoms with E-state index in [1.165, 1.54) is 40.9 Å². The van der Waals surface area contributed by atoms with Crippen LogP contribution in [0.3, 0.4) is 0 Å². The van der Waals surface area contributed by atoms with Gasteiger partial charge in [0.2, 0.25) is 11.8 Å². The number of nitrogens with zero attached hydrogens (tertiary/aromatic N) is 3. The molecular formula is C18H18FN5O2S2. The van der Waals surface area contributed by atoms with Crippen LogP contribution in [0.4, 0.5) is 10.1 Å². The van der Waals surface area contributed by atoms with Crippen LogP contribution in [0.2, 0.25) is 0 Å². The number of hydrogen-bond donors (Lipinski definition) is 2. The first-order valence-electron chi connectivity index (χ1n) is 8.37. The molecule has 1 aromatic carbocycles. The fourth-order valence-corrected chi connectivity index (χ4v) is 3.75. The van der Waals surface area contributed by atoms with E-state index in [0.29, 0.717) is 17.3 Å². The Hall–Kier alpha value is -2.72. The fraction of sp³-hybridized carbons (Fsp3) is 0.222. The van der Waals surface area contributed by atoms with Gasteiger partial charge in [-0.25, -0.2) is 4.39 Å². The van der Waals surface area contributed by atoms with Gasteiger partial charge in [-0.2, -0.15) is 0 Å². The number of thioether (sulfide) groups is 1. The maximum absolute atomic E-state index is 12.8. The lowest BCUT2D eigenvalue weighted by molar-refractivity contribution is -0.122. The number of rotatable bonds is 8. The Kier molecular flexibility index (Phi) is 6.77. The minimum atomic E-state index is -0.387. The van der Waals surface area contributed by atoms with E-state index in [2.05, 4.69) is 20.8 Å². The Morgan fingerprint density at radius 1 is 1.18 bits per heavy atom. The van der Waals surface area contributed by atoms with Crippen molar-refractivity contribution in [3.05, 3.63) is 58.3 Å². The molecule has 28 heavy (non-hydrogen) atoms. The summed E-state index contributed by atoms with van der Waals surface area (Å²) in [6.07, 6.45) is 0.692. The fourth-order valence-electron chi connectivity index (χ4n) is 2.29. The molecule has 2 amide bonds. The van der Waals surface area contributed by atoms with E-state index in [4.69, 9.17) is 0 Å². The van der Waals surface area contributed by atoms with Crippen LogP contribution in [0.1, 0.15) is 10.7 Å². The molecule has 0 aliphatic rings. The highest BCUT2D eigenvalue weighted by Crippen LogP contribution is 2.18. The highest BCUT2D eigenvalue weighted by atomic mass is 32.2. The quantitative estimate of drug-likeness (QED) is 0.548. The van der Waals surface area contributed by atoms with E-state index in [-0.39, 0.29) is 29.9 Å². The van der Waals surface area contributed by atoms with Crippen LogP contribution in [0.25, 0.3) is 0 Å². The smallest absolute Gasteiger partial charge is 0.243 e. The molecule has 0 saturated heterocycles. The molecule has 3 rings (SSSR count). The van der Waals surface area contributed by atoms with E-state index >= 15 is 0 Å². The van der Waals surface area contributed by atoms with E-state index in [9.17, 15) is 14.0 Å². The molecule has 146 valence electrons. The number of carbonyl (C=O) groups excluding carboxylic acids is 2. The minimum absolute atomic E-state index is 0.120. The molecule has 0 aliphatic heterocycles. The van der Waals surface area contributed by atoms with Gasteiger partial charge in [-0.3, -0.25) is 9.59 Å². The molecule has 0 atom stereocenters. The van der Waals surface area contributed by atoms with E-state index in [1.807, 2.05) is 29.1 Å². The molecule has 2 heterocycles.